The Labute approximate surface area is 95.6 Å². The number of hydrogen-bond donors (Lipinski definition) is 1. The molecule has 0 saturated carbocycles. The first kappa shape index (κ1) is 12.5. The van der Waals surface area contributed by atoms with Gasteiger partial charge in [0.25, 0.3) is 0 Å². The first-order chi connectivity index (χ1) is 7.17. The molecule has 0 heterocycles. The van der Waals surface area contributed by atoms with Crippen molar-refractivity contribution in [2.24, 2.45) is 0 Å². The number of halogens is 2. The lowest BCUT2D eigenvalue weighted by molar-refractivity contribution is 0.535. The summed E-state index contributed by atoms with van der Waals surface area (Å²) in [6, 6.07) is 5.16. The lowest BCUT2D eigenvalue weighted by Gasteiger charge is -2.14. The molecule has 0 spiro atoms. The van der Waals surface area contributed by atoms with Crippen LogP contribution in [0.5, 0.6) is 0 Å². The van der Waals surface area contributed by atoms with Gasteiger partial charge < -0.3 is 5.32 Å². The highest BCUT2D eigenvalue weighted by Gasteiger charge is 2.05. The summed E-state index contributed by atoms with van der Waals surface area (Å²) in [5, 5.41) is 3.30. The molecule has 0 aromatic heterocycles. The second-order valence-electron chi connectivity index (χ2n) is 3.71. The van der Waals surface area contributed by atoms with E-state index in [0.717, 1.165) is 17.5 Å². The summed E-state index contributed by atoms with van der Waals surface area (Å²) >= 11 is 5.77. The molecule has 1 aromatic rings. The first-order valence-electron chi connectivity index (χ1n) is 5.21. The molecule has 0 aliphatic heterocycles. The molecular formula is C12H17ClFN. The third-order valence-electron chi connectivity index (χ3n) is 2.57. The summed E-state index contributed by atoms with van der Waals surface area (Å²) < 4.78 is 13.0. The number of benzene rings is 1. The summed E-state index contributed by atoms with van der Waals surface area (Å²) in [6.07, 6.45) is 0.984. The quantitative estimate of drug-likeness (QED) is 0.765. The molecule has 1 N–H and O–H groups in total. The summed E-state index contributed by atoms with van der Waals surface area (Å²) in [4.78, 5) is 0. The molecule has 0 saturated heterocycles. The highest BCUT2D eigenvalue weighted by Crippen LogP contribution is 2.10. The standard InChI is InChI=1S/C12H17ClFN/c1-3-12(7-13)15-8-10-6-11(14)5-4-9(10)2/h4-6,12,15H,3,7-8H2,1-2H3. The number of nitrogens with one attached hydrogen (secondary N) is 1. The van der Waals surface area contributed by atoms with E-state index in [1.54, 1.807) is 12.1 Å². The molecule has 0 aliphatic carbocycles. The van der Waals surface area contributed by atoms with E-state index < -0.39 is 0 Å². The van der Waals surface area contributed by atoms with Crippen LogP contribution in [0, 0.1) is 12.7 Å². The highest BCUT2D eigenvalue weighted by molar-refractivity contribution is 6.18. The molecule has 1 nitrogen and oxygen atoms in total. The molecule has 1 rings (SSSR count). The average Bonchev–Trinajstić information content (AvgIpc) is 2.24. The molecule has 1 atom stereocenters. The third kappa shape index (κ3) is 3.80. The fourth-order valence-corrected chi connectivity index (χ4v) is 1.72. The van der Waals surface area contributed by atoms with Crippen molar-refractivity contribution >= 4 is 11.6 Å². The van der Waals surface area contributed by atoms with Crippen LogP contribution in [-0.2, 0) is 6.54 Å². The number of hydrogen-bond acceptors (Lipinski definition) is 1. The van der Waals surface area contributed by atoms with Gasteiger partial charge in [-0.25, -0.2) is 4.39 Å². The number of rotatable bonds is 5. The Morgan fingerprint density at radius 2 is 2.20 bits per heavy atom. The van der Waals surface area contributed by atoms with Crippen molar-refractivity contribution in [1.29, 1.82) is 0 Å². The Bertz CT molecular complexity index is 310. The zero-order chi connectivity index (χ0) is 11.3. The van der Waals surface area contributed by atoms with Crippen molar-refractivity contribution in [3.05, 3.63) is 35.1 Å². The number of aryl methyl sites for hydroxylation is 1. The summed E-state index contributed by atoms with van der Waals surface area (Å²) in [6.45, 7) is 4.74. The Morgan fingerprint density at radius 3 is 2.80 bits per heavy atom. The van der Waals surface area contributed by atoms with Crippen molar-refractivity contribution in [3.63, 3.8) is 0 Å². The van der Waals surface area contributed by atoms with E-state index in [4.69, 9.17) is 11.6 Å². The topological polar surface area (TPSA) is 12.0 Å². The van der Waals surface area contributed by atoms with Gasteiger partial charge >= 0.3 is 0 Å². The van der Waals surface area contributed by atoms with E-state index in [2.05, 4.69) is 12.2 Å². The van der Waals surface area contributed by atoms with Crippen LogP contribution in [0.25, 0.3) is 0 Å². The molecular weight excluding hydrogens is 213 g/mol. The minimum Gasteiger partial charge on any atom is -0.309 e. The largest absolute Gasteiger partial charge is 0.309 e. The van der Waals surface area contributed by atoms with Crippen LogP contribution in [-0.4, -0.2) is 11.9 Å². The molecule has 84 valence electrons. The lowest BCUT2D eigenvalue weighted by atomic mass is 10.1. The Balaban J connectivity index is 2.60. The SMILES string of the molecule is CCC(CCl)NCc1cc(F)ccc1C. The van der Waals surface area contributed by atoms with Crippen LogP contribution in [0.1, 0.15) is 24.5 Å². The number of alkyl halides is 1. The molecule has 0 aliphatic rings. The predicted molar refractivity (Wildman–Crippen MR) is 62.8 cm³/mol. The van der Waals surface area contributed by atoms with Gasteiger partial charge in [0.1, 0.15) is 5.82 Å². The van der Waals surface area contributed by atoms with Crippen LogP contribution in [0.15, 0.2) is 18.2 Å². The van der Waals surface area contributed by atoms with E-state index in [0.29, 0.717) is 18.5 Å². The second kappa shape index (κ2) is 6.09. The van der Waals surface area contributed by atoms with Crippen LogP contribution in [0.3, 0.4) is 0 Å². The van der Waals surface area contributed by atoms with Gasteiger partial charge in [-0.3, -0.25) is 0 Å². The first-order valence-corrected chi connectivity index (χ1v) is 5.75. The fraction of sp³-hybridized carbons (Fsp3) is 0.500. The Hall–Kier alpha value is -0.600. The smallest absolute Gasteiger partial charge is 0.123 e. The van der Waals surface area contributed by atoms with Crippen molar-refractivity contribution in [1.82, 2.24) is 5.32 Å². The van der Waals surface area contributed by atoms with Crippen LogP contribution < -0.4 is 5.32 Å². The maximum Gasteiger partial charge on any atom is 0.123 e. The molecule has 0 radical (unpaired) electrons. The van der Waals surface area contributed by atoms with Gasteiger partial charge in [-0.15, -0.1) is 11.6 Å². The van der Waals surface area contributed by atoms with E-state index in [9.17, 15) is 4.39 Å². The van der Waals surface area contributed by atoms with Gasteiger partial charge in [0.2, 0.25) is 0 Å². The van der Waals surface area contributed by atoms with E-state index in [1.807, 2.05) is 6.92 Å². The predicted octanol–water partition coefficient (Wildman–Crippen LogP) is 3.24. The van der Waals surface area contributed by atoms with Gasteiger partial charge in [-0.05, 0) is 36.6 Å². The lowest BCUT2D eigenvalue weighted by Crippen LogP contribution is -2.29. The van der Waals surface area contributed by atoms with Crippen LogP contribution >= 0.6 is 11.6 Å². The third-order valence-corrected chi connectivity index (χ3v) is 2.94. The highest BCUT2D eigenvalue weighted by atomic mass is 35.5. The van der Waals surface area contributed by atoms with Crippen molar-refractivity contribution < 1.29 is 4.39 Å². The summed E-state index contributed by atoms with van der Waals surface area (Å²) in [5.74, 6) is 0.404. The second-order valence-corrected chi connectivity index (χ2v) is 4.02. The zero-order valence-corrected chi connectivity index (χ0v) is 9.94. The van der Waals surface area contributed by atoms with E-state index in [-0.39, 0.29) is 5.82 Å². The zero-order valence-electron chi connectivity index (χ0n) is 9.19. The summed E-state index contributed by atoms with van der Waals surface area (Å²) in [5.41, 5.74) is 2.10. The van der Waals surface area contributed by atoms with Crippen molar-refractivity contribution in [3.8, 4) is 0 Å². The average molecular weight is 230 g/mol. The van der Waals surface area contributed by atoms with E-state index in [1.165, 1.54) is 6.07 Å². The van der Waals surface area contributed by atoms with Gasteiger partial charge in [-0.2, -0.15) is 0 Å². The Morgan fingerprint density at radius 1 is 1.47 bits per heavy atom. The van der Waals surface area contributed by atoms with Crippen LogP contribution in [0.2, 0.25) is 0 Å². The summed E-state index contributed by atoms with van der Waals surface area (Å²) in [7, 11) is 0. The van der Waals surface area contributed by atoms with Gasteiger partial charge in [0, 0.05) is 18.5 Å². The molecule has 0 bridgehead atoms. The maximum absolute atomic E-state index is 13.0. The molecule has 1 unspecified atom stereocenters. The molecule has 1 aromatic carbocycles. The van der Waals surface area contributed by atoms with Crippen molar-refractivity contribution in [2.45, 2.75) is 32.9 Å². The molecule has 3 heteroatoms. The minimum atomic E-state index is -0.184. The van der Waals surface area contributed by atoms with Crippen molar-refractivity contribution in [2.75, 3.05) is 5.88 Å². The maximum atomic E-state index is 13.0. The molecule has 0 fully saturated rings. The minimum absolute atomic E-state index is 0.184. The monoisotopic (exact) mass is 229 g/mol. The molecule has 15 heavy (non-hydrogen) atoms. The molecule has 0 amide bonds. The van der Waals surface area contributed by atoms with Gasteiger partial charge in [0.15, 0.2) is 0 Å². The fourth-order valence-electron chi connectivity index (χ4n) is 1.39. The van der Waals surface area contributed by atoms with Gasteiger partial charge in [0.05, 0.1) is 0 Å². The van der Waals surface area contributed by atoms with Crippen LogP contribution in [0.4, 0.5) is 4.39 Å². The van der Waals surface area contributed by atoms with E-state index >= 15 is 0 Å². The Kier molecular flexibility index (Phi) is 5.06. The normalized spacial score (nSPS) is 12.8. The van der Waals surface area contributed by atoms with Gasteiger partial charge in [-0.1, -0.05) is 13.0 Å².